The first kappa shape index (κ1) is 19.8. The number of halogens is 1. The zero-order valence-corrected chi connectivity index (χ0v) is 15.6. The zero-order chi connectivity index (χ0) is 17.8. The molecular formula is C19H23ClN4O2. The lowest BCUT2D eigenvalue weighted by Crippen LogP contribution is -2.20. The molecule has 0 fully saturated rings. The summed E-state index contributed by atoms with van der Waals surface area (Å²) in [6.45, 7) is 1.89. The van der Waals surface area contributed by atoms with E-state index in [1.807, 2.05) is 60.0 Å². The van der Waals surface area contributed by atoms with E-state index in [0.29, 0.717) is 18.8 Å². The van der Waals surface area contributed by atoms with Crippen LogP contribution in [0.15, 0.2) is 48.5 Å². The van der Waals surface area contributed by atoms with Crippen LogP contribution in [0.3, 0.4) is 0 Å². The van der Waals surface area contributed by atoms with Gasteiger partial charge in [0, 0.05) is 18.2 Å². The van der Waals surface area contributed by atoms with Gasteiger partial charge in [-0.2, -0.15) is 0 Å². The second-order valence-electron chi connectivity index (χ2n) is 6.02. The molecule has 3 aromatic rings. The molecule has 1 unspecified atom stereocenters. The lowest BCUT2D eigenvalue weighted by atomic mass is 10.2. The first-order valence-electron chi connectivity index (χ1n) is 8.26. The molecule has 1 atom stereocenters. The minimum atomic E-state index is -0.0950. The summed E-state index contributed by atoms with van der Waals surface area (Å²) in [6.07, 6.45) is 0.998. The van der Waals surface area contributed by atoms with Gasteiger partial charge in [0.1, 0.15) is 5.75 Å². The first-order chi connectivity index (χ1) is 12.1. The van der Waals surface area contributed by atoms with Gasteiger partial charge in [0.2, 0.25) is 11.9 Å². The average Bonchev–Trinajstić information content (AvgIpc) is 2.97. The third kappa shape index (κ3) is 4.33. The Balaban J connectivity index is 0.00000243. The summed E-state index contributed by atoms with van der Waals surface area (Å²) in [6, 6.07) is 15.4. The van der Waals surface area contributed by atoms with Crippen molar-refractivity contribution < 1.29 is 9.53 Å². The zero-order valence-electron chi connectivity index (χ0n) is 14.8. The molecule has 1 heterocycles. The number of hydrogen-bond acceptors (Lipinski definition) is 4. The number of carbonyl (C=O) groups excluding carboxylic acids is 1. The number of methoxy groups -OCH3 is 1. The summed E-state index contributed by atoms with van der Waals surface area (Å²) in [5.74, 6) is 1.18. The van der Waals surface area contributed by atoms with Crippen LogP contribution in [0.25, 0.3) is 16.7 Å². The van der Waals surface area contributed by atoms with E-state index in [9.17, 15) is 4.79 Å². The molecule has 0 bridgehead atoms. The van der Waals surface area contributed by atoms with Crippen molar-refractivity contribution in [2.75, 3.05) is 12.4 Å². The van der Waals surface area contributed by atoms with Crippen molar-refractivity contribution in [2.45, 2.75) is 25.8 Å². The Morgan fingerprint density at radius 2 is 1.92 bits per heavy atom. The van der Waals surface area contributed by atoms with E-state index < -0.39 is 0 Å². The average molecular weight is 375 g/mol. The maximum atomic E-state index is 12.2. The van der Waals surface area contributed by atoms with Crippen molar-refractivity contribution in [2.24, 2.45) is 5.73 Å². The number of nitrogens with one attached hydrogen (secondary N) is 1. The van der Waals surface area contributed by atoms with Crippen LogP contribution in [0.5, 0.6) is 5.75 Å². The van der Waals surface area contributed by atoms with E-state index in [-0.39, 0.29) is 24.4 Å². The van der Waals surface area contributed by atoms with Crippen LogP contribution in [-0.4, -0.2) is 28.6 Å². The summed E-state index contributed by atoms with van der Waals surface area (Å²) < 4.78 is 7.15. The summed E-state index contributed by atoms with van der Waals surface area (Å²) in [4.78, 5) is 16.8. The SMILES string of the molecule is COc1ccc(-n2c(NC(=O)CCC(C)N)nc3ccccc32)cc1.Cl. The van der Waals surface area contributed by atoms with E-state index in [1.165, 1.54) is 0 Å². The number of anilines is 1. The quantitative estimate of drug-likeness (QED) is 0.691. The Bertz CT molecular complexity index is 875. The van der Waals surface area contributed by atoms with Crippen molar-refractivity contribution in [1.29, 1.82) is 0 Å². The lowest BCUT2D eigenvalue weighted by molar-refractivity contribution is -0.116. The third-order valence-electron chi connectivity index (χ3n) is 3.97. The van der Waals surface area contributed by atoms with Gasteiger partial charge in [0.25, 0.3) is 0 Å². The fourth-order valence-corrected chi connectivity index (χ4v) is 2.65. The number of carbonyl (C=O) groups is 1. The number of amides is 1. The van der Waals surface area contributed by atoms with Crippen LogP contribution >= 0.6 is 12.4 Å². The summed E-state index contributed by atoms with van der Waals surface area (Å²) in [5.41, 5.74) is 8.38. The number of aromatic nitrogens is 2. The second-order valence-corrected chi connectivity index (χ2v) is 6.02. The maximum Gasteiger partial charge on any atom is 0.226 e. The molecule has 1 aromatic heterocycles. The molecule has 2 aromatic carbocycles. The number of fused-ring (bicyclic) bond motifs is 1. The van der Waals surface area contributed by atoms with Crippen molar-refractivity contribution in [3.05, 3.63) is 48.5 Å². The van der Waals surface area contributed by atoms with Gasteiger partial charge in [0.05, 0.1) is 18.1 Å². The van der Waals surface area contributed by atoms with Crippen molar-refractivity contribution >= 4 is 35.3 Å². The number of para-hydroxylation sites is 2. The standard InChI is InChI=1S/C19H22N4O2.ClH/c1-13(20)7-12-18(24)22-19-21-16-5-3-4-6-17(16)23(19)14-8-10-15(25-2)11-9-14;/h3-6,8-11,13H,7,12,20H2,1-2H3,(H,21,22,24);1H. The smallest absolute Gasteiger partial charge is 0.226 e. The van der Waals surface area contributed by atoms with Gasteiger partial charge in [0.15, 0.2) is 0 Å². The van der Waals surface area contributed by atoms with Gasteiger partial charge in [-0.15, -0.1) is 12.4 Å². The Morgan fingerprint density at radius 3 is 2.58 bits per heavy atom. The van der Waals surface area contributed by atoms with E-state index in [2.05, 4.69) is 10.3 Å². The van der Waals surface area contributed by atoms with E-state index in [1.54, 1.807) is 7.11 Å². The number of nitrogens with two attached hydrogens (primary N) is 1. The van der Waals surface area contributed by atoms with Gasteiger partial charge in [-0.1, -0.05) is 12.1 Å². The highest BCUT2D eigenvalue weighted by Crippen LogP contribution is 2.26. The van der Waals surface area contributed by atoms with E-state index >= 15 is 0 Å². The van der Waals surface area contributed by atoms with Crippen molar-refractivity contribution in [3.8, 4) is 11.4 Å². The first-order valence-corrected chi connectivity index (χ1v) is 8.26. The monoisotopic (exact) mass is 374 g/mol. The summed E-state index contributed by atoms with van der Waals surface area (Å²) in [7, 11) is 1.63. The molecule has 0 saturated carbocycles. The predicted molar refractivity (Wildman–Crippen MR) is 106 cm³/mol. The number of hydrogen-bond donors (Lipinski definition) is 2. The molecule has 1 amide bonds. The highest BCUT2D eigenvalue weighted by atomic mass is 35.5. The van der Waals surface area contributed by atoms with E-state index in [4.69, 9.17) is 10.5 Å². The van der Waals surface area contributed by atoms with Gasteiger partial charge < -0.3 is 10.5 Å². The van der Waals surface area contributed by atoms with Gasteiger partial charge in [-0.05, 0) is 49.7 Å². The predicted octanol–water partition coefficient (Wildman–Crippen LogP) is 3.52. The van der Waals surface area contributed by atoms with Crippen LogP contribution in [0.2, 0.25) is 0 Å². The number of ether oxygens (including phenoxy) is 1. The molecular weight excluding hydrogens is 352 g/mol. The molecule has 0 aliphatic heterocycles. The molecule has 0 aliphatic carbocycles. The van der Waals surface area contributed by atoms with Crippen LogP contribution in [0, 0.1) is 0 Å². The molecule has 26 heavy (non-hydrogen) atoms. The Morgan fingerprint density at radius 1 is 1.23 bits per heavy atom. The topological polar surface area (TPSA) is 82.2 Å². The Labute approximate surface area is 158 Å². The molecule has 6 nitrogen and oxygen atoms in total. The minimum absolute atomic E-state index is 0. The summed E-state index contributed by atoms with van der Waals surface area (Å²) in [5, 5.41) is 2.91. The highest BCUT2D eigenvalue weighted by molar-refractivity contribution is 5.92. The molecule has 0 saturated heterocycles. The van der Waals surface area contributed by atoms with Crippen LogP contribution in [0.4, 0.5) is 5.95 Å². The van der Waals surface area contributed by atoms with E-state index in [0.717, 1.165) is 22.5 Å². The molecule has 3 rings (SSSR count). The van der Waals surface area contributed by atoms with Gasteiger partial charge in [-0.3, -0.25) is 14.7 Å². The number of nitrogens with zero attached hydrogens (tertiary/aromatic N) is 2. The van der Waals surface area contributed by atoms with Gasteiger partial charge >= 0.3 is 0 Å². The molecule has 3 N–H and O–H groups in total. The normalized spacial score (nSPS) is 11.7. The second kappa shape index (κ2) is 8.69. The fourth-order valence-electron chi connectivity index (χ4n) is 2.65. The highest BCUT2D eigenvalue weighted by Gasteiger charge is 2.15. The number of rotatable bonds is 6. The molecule has 0 spiro atoms. The summed E-state index contributed by atoms with van der Waals surface area (Å²) >= 11 is 0. The van der Waals surface area contributed by atoms with Crippen LogP contribution in [-0.2, 0) is 4.79 Å². The minimum Gasteiger partial charge on any atom is -0.497 e. The number of imidazole rings is 1. The third-order valence-corrected chi connectivity index (χ3v) is 3.97. The Hall–Kier alpha value is -2.57. The largest absolute Gasteiger partial charge is 0.497 e. The number of benzene rings is 2. The van der Waals surface area contributed by atoms with Crippen LogP contribution < -0.4 is 15.8 Å². The molecule has 0 radical (unpaired) electrons. The fraction of sp³-hybridized carbons (Fsp3) is 0.263. The van der Waals surface area contributed by atoms with Crippen LogP contribution in [0.1, 0.15) is 19.8 Å². The lowest BCUT2D eigenvalue weighted by Gasteiger charge is -2.11. The van der Waals surface area contributed by atoms with Crippen molar-refractivity contribution in [1.82, 2.24) is 9.55 Å². The van der Waals surface area contributed by atoms with Crippen molar-refractivity contribution in [3.63, 3.8) is 0 Å². The molecule has 0 aliphatic rings. The molecule has 138 valence electrons. The maximum absolute atomic E-state index is 12.2. The van der Waals surface area contributed by atoms with Gasteiger partial charge in [-0.25, -0.2) is 4.98 Å². The molecule has 7 heteroatoms. The Kier molecular flexibility index (Phi) is 6.60.